The summed E-state index contributed by atoms with van der Waals surface area (Å²) in [5, 5.41) is 2.76. The van der Waals surface area contributed by atoms with E-state index < -0.39 is 0 Å². The first kappa shape index (κ1) is 24.5. The number of hydrogen-bond acceptors (Lipinski definition) is 1. The Morgan fingerprint density at radius 3 is 2.44 bits per heavy atom. The van der Waals surface area contributed by atoms with Gasteiger partial charge in [-0.05, 0) is 91.7 Å². The van der Waals surface area contributed by atoms with Crippen LogP contribution in [0.25, 0.3) is 16.3 Å². The van der Waals surface area contributed by atoms with Crippen molar-refractivity contribution >= 4 is 16.3 Å². The van der Waals surface area contributed by atoms with E-state index >= 15 is 0 Å². The van der Waals surface area contributed by atoms with Gasteiger partial charge in [0.05, 0.1) is 5.69 Å². The van der Waals surface area contributed by atoms with Crippen LogP contribution in [0, 0.1) is 25.7 Å². The van der Waals surface area contributed by atoms with Crippen LogP contribution in [0.5, 0.6) is 0 Å². The largest absolute Gasteiger partial charge is 0.256 e. The number of fused-ring (bicyclic) bond motifs is 1. The first-order valence-corrected chi connectivity index (χ1v) is 12.6. The van der Waals surface area contributed by atoms with Crippen molar-refractivity contribution in [1.29, 1.82) is 0 Å². The van der Waals surface area contributed by atoms with E-state index in [1.165, 1.54) is 62.7 Å². The zero-order valence-electron chi connectivity index (χ0n) is 21.9. The summed E-state index contributed by atoms with van der Waals surface area (Å²) in [6.07, 6.45) is 13.8. The SMILES string of the molecule is CC=CCC1CC=C(C)C2=C1c1nccc3c(C)c(C)cc(c13)C2(C)C.CCC(C)CC. The molecule has 0 N–H and O–H groups in total. The third-order valence-corrected chi connectivity index (χ3v) is 7.96. The monoisotopic (exact) mass is 429 g/mol. The summed E-state index contributed by atoms with van der Waals surface area (Å²) in [5.74, 6) is 1.46. The van der Waals surface area contributed by atoms with E-state index in [4.69, 9.17) is 4.98 Å². The van der Waals surface area contributed by atoms with E-state index in [1.54, 1.807) is 0 Å². The molecule has 1 aromatic heterocycles. The predicted molar refractivity (Wildman–Crippen MR) is 142 cm³/mol. The fourth-order valence-electron chi connectivity index (χ4n) is 5.39. The molecule has 0 amide bonds. The number of nitrogens with zero attached hydrogens (tertiary/aromatic N) is 1. The van der Waals surface area contributed by atoms with Gasteiger partial charge in [0, 0.05) is 17.0 Å². The van der Waals surface area contributed by atoms with Crippen LogP contribution in [0.15, 0.2) is 47.7 Å². The quantitative estimate of drug-likeness (QED) is 0.441. The second-order valence-electron chi connectivity index (χ2n) is 10.4. The topological polar surface area (TPSA) is 12.9 Å². The predicted octanol–water partition coefficient (Wildman–Crippen LogP) is 9.27. The van der Waals surface area contributed by atoms with Crippen LogP contribution in [-0.4, -0.2) is 4.98 Å². The van der Waals surface area contributed by atoms with Gasteiger partial charge in [-0.15, -0.1) is 0 Å². The molecule has 0 saturated heterocycles. The molecule has 4 rings (SSSR count). The number of benzene rings is 1. The van der Waals surface area contributed by atoms with E-state index in [-0.39, 0.29) is 5.41 Å². The fourth-order valence-corrected chi connectivity index (χ4v) is 5.39. The Balaban J connectivity index is 0.000000427. The first-order chi connectivity index (χ1) is 15.2. The van der Waals surface area contributed by atoms with Crippen LogP contribution in [0.2, 0.25) is 0 Å². The van der Waals surface area contributed by atoms with E-state index in [2.05, 4.69) is 92.7 Å². The van der Waals surface area contributed by atoms with Gasteiger partial charge in [-0.2, -0.15) is 0 Å². The molecule has 1 atom stereocenters. The molecule has 0 aliphatic heterocycles. The summed E-state index contributed by atoms with van der Waals surface area (Å²) >= 11 is 0. The summed E-state index contributed by atoms with van der Waals surface area (Å²) in [4.78, 5) is 4.94. The van der Waals surface area contributed by atoms with Gasteiger partial charge < -0.3 is 0 Å². The number of hydrogen-bond donors (Lipinski definition) is 0. The maximum atomic E-state index is 4.94. The first-order valence-electron chi connectivity index (χ1n) is 12.6. The average Bonchev–Trinajstić information content (AvgIpc) is 2.78. The van der Waals surface area contributed by atoms with Gasteiger partial charge in [-0.1, -0.05) is 77.3 Å². The van der Waals surface area contributed by atoms with E-state index in [0.29, 0.717) is 5.92 Å². The lowest BCUT2D eigenvalue weighted by Crippen LogP contribution is -2.30. The zero-order valence-corrected chi connectivity index (χ0v) is 21.9. The van der Waals surface area contributed by atoms with Gasteiger partial charge in [-0.3, -0.25) is 4.98 Å². The molecule has 32 heavy (non-hydrogen) atoms. The molecule has 1 nitrogen and oxygen atoms in total. The standard InChI is InChI=1S/C25H29N.C6H14/c1-7-8-9-18-11-10-15(2)23-21(18)24-22-19(12-13-26-24)17(4)16(3)14-20(22)25(23,5)6;1-4-6(3)5-2/h7-8,10,12-14,18H,9,11H2,1-6H3;6H,4-5H2,1-3H3. The number of rotatable bonds is 4. The normalized spacial score (nSPS) is 19.2. The summed E-state index contributed by atoms with van der Waals surface area (Å²) in [6.45, 7) is 20.4. The summed E-state index contributed by atoms with van der Waals surface area (Å²) in [5.41, 5.74) is 9.89. The Labute approximate surface area is 196 Å². The average molecular weight is 430 g/mol. The Bertz CT molecular complexity index is 1070. The lowest BCUT2D eigenvalue weighted by Gasteiger charge is -2.42. The molecule has 2 aromatic rings. The molecule has 1 unspecified atom stereocenters. The zero-order chi connectivity index (χ0) is 23.6. The second-order valence-corrected chi connectivity index (χ2v) is 10.4. The number of pyridine rings is 1. The minimum absolute atomic E-state index is 0.0112. The smallest absolute Gasteiger partial charge is 0.0749 e. The maximum absolute atomic E-state index is 4.94. The Hall–Kier alpha value is -2.15. The van der Waals surface area contributed by atoms with Gasteiger partial charge in [0.15, 0.2) is 0 Å². The fraction of sp³-hybridized carbons (Fsp3) is 0.516. The highest BCUT2D eigenvalue weighted by Gasteiger charge is 2.40. The third-order valence-electron chi connectivity index (χ3n) is 7.96. The number of aryl methyl sites for hydroxylation is 2. The van der Waals surface area contributed by atoms with Crippen LogP contribution in [0.4, 0.5) is 0 Å². The highest BCUT2D eigenvalue weighted by atomic mass is 14.7. The molecule has 0 fully saturated rings. The molecule has 2 aliphatic carbocycles. The molecule has 0 bridgehead atoms. The molecule has 1 heteroatoms. The molecular formula is C31H43N. The summed E-state index contributed by atoms with van der Waals surface area (Å²) in [7, 11) is 0. The van der Waals surface area contributed by atoms with Gasteiger partial charge in [0.2, 0.25) is 0 Å². The van der Waals surface area contributed by atoms with E-state index in [1.807, 2.05) is 6.20 Å². The van der Waals surface area contributed by atoms with Crippen molar-refractivity contribution in [3.05, 3.63) is 70.1 Å². The van der Waals surface area contributed by atoms with Crippen LogP contribution in [0.3, 0.4) is 0 Å². The van der Waals surface area contributed by atoms with Crippen molar-refractivity contribution in [2.24, 2.45) is 11.8 Å². The molecule has 0 radical (unpaired) electrons. The van der Waals surface area contributed by atoms with Crippen molar-refractivity contribution in [3.8, 4) is 0 Å². The van der Waals surface area contributed by atoms with Gasteiger partial charge in [0.1, 0.15) is 0 Å². The Morgan fingerprint density at radius 1 is 1.16 bits per heavy atom. The van der Waals surface area contributed by atoms with Crippen LogP contribution in [0.1, 0.15) is 96.5 Å². The van der Waals surface area contributed by atoms with Crippen molar-refractivity contribution in [2.45, 2.75) is 93.4 Å². The number of allylic oxidation sites excluding steroid dienone is 6. The van der Waals surface area contributed by atoms with Crippen molar-refractivity contribution in [1.82, 2.24) is 4.98 Å². The van der Waals surface area contributed by atoms with E-state index in [9.17, 15) is 0 Å². The summed E-state index contributed by atoms with van der Waals surface area (Å²) in [6, 6.07) is 4.62. The lowest BCUT2D eigenvalue weighted by molar-refractivity contribution is 0.544. The highest BCUT2D eigenvalue weighted by molar-refractivity contribution is 6.02. The molecule has 1 heterocycles. The molecular weight excluding hydrogens is 386 g/mol. The van der Waals surface area contributed by atoms with Crippen LogP contribution in [-0.2, 0) is 5.41 Å². The Kier molecular flexibility index (Phi) is 7.48. The minimum atomic E-state index is 0.0112. The van der Waals surface area contributed by atoms with E-state index in [0.717, 1.165) is 18.8 Å². The molecule has 0 saturated carbocycles. The van der Waals surface area contributed by atoms with Gasteiger partial charge in [-0.25, -0.2) is 0 Å². The lowest BCUT2D eigenvalue weighted by atomic mass is 9.62. The molecule has 0 spiro atoms. The van der Waals surface area contributed by atoms with Crippen molar-refractivity contribution < 1.29 is 0 Å². The second kappa shape index (κ2) is 9.77. The third kappa shape index (κ3) is 4.24. The molecule has 172 valence electrons. The Morgan fingerprint density at radius 2 is 1.84 bits per heavy atom. The van der Waals surface area contributed by atoms with Crippen LogP contribution < -0.4 is 0 Å². The van der Waals surface area contributed by atoms with Crippen molar-refractivity contribution in [3.63, 3.8) is 0 Å². The van der Waals surface area contributed by atoms with Crippen molar-refractivity contribution in [2.75, 3.05) is 0 Å². The molecule has 1 aromatic carbocycles. The molecule has 2 aliphatic rings. The van der Waals surface area contributed by atoms with Gasteiger partial charge >= 0.3 is 0 Å². The summed E-state index contributed by atoms with van der Waals surface area (Å²) < 4.78 is 0. The maximum Gasteiger partial charge on any atom is 0.0749 e. The van der Waals surface area contributed by atoms with Gasteiger partial charge in [0.25, 0.3) is 0 Å². The highest BCUT2D eigenvalue weighted by Crippen LogP contribution is 2.53. The van der Waals surface area contributed by atoms with Crippen LogP contribution >= 0.6 is 0 Å². The minimum Gasteiger partial charge on any atom is -0.256 e. The number of aromatic nitrogens is 1.